The third-order valence-electron chi connectivity index (χ3n) is 3.27. The molecule has 2 rings (SSSR count). The number of hydrogen-bond donors (Lipinski definition) is 2. The zero-order valence-corrected chi connectivity index (χ0v) is 13.5. The highest BCUT2D eigenvalue weighted by atomic mass is 16.5. The summed E-state index contributed by atoms with van der Waals surface area (Å²) in [5.74, 6) is 0.792. The first-order chi connectivity index (χ1) is 10.7. The van der Waals surface area contributed by atoms with Crippen LogP contribution in [0.2, 0.25) is 0 Å². The van der Waals surface area contributed by atoms with Crippen molar-refractivity contribution in [2.45, 2.75) is 26.4 Å². The molecule has 0 radical (unpaired) electrons. The largest absolute Gasteiger partial charge is 0.383 e. The number of guanidine groups is 1. The topological polar surface area (TPSA) is 58.5 Å². The number of methoxy groups -OCH3 is 1. The van der Waals surface area contributed by atoms with Crippen molar-refractivity contribution in [3.8, 4) is 0 Å². The van der Waals surface area contributed by atoms with Crippen molar-refractivity contribution in [1.82, 2.24) is 15.6 Å². The Bertz CT molecular complexity index is 622. The number of hydrogen-bond acceptors (Lipinski definition) is 3. The molecular weight excluding hydrogens is 276 g/mol. The molecule has 0 aliphatic carbocycles. The average Bonchev–Trinajstić information content (AvgIpc) is 2.53. The molecular formula is C17H24N4O. The van der Waals surface area contributed by atoms with E-state index in [2.05, 4.69) is 52.7 Å². The summed E-state index contributed by atoms with van der Waals surface area (Å²) in [6.45, 7) is 6.16. The highest BCUT2D eigenvalue weighted by molar-refractivity contribution is 5.83. The fourth-order valence-electron chi connectivity index (χ4n) is 2.30. The molecule has 5 heteroatoms. The fraction of sp³-hybridized carbons (Fsp3) is 0.412. The summed E-state index contributed by atoms with van der Waals surface area (Å²) in [7, 11) is 1.70. The van der Waals surface area contributed by atoms with Crippen LogP contribution in [0.4, 0.5) is 0 Å². The van der Waals surface area contributed by atoms with E-state index in [9.17, 15) is 0 Å². The summed E-state index contributed by atoms with van der Waals surface area (Å²) in [6, 6.07) is 10.4. The molecule has 0 saturated carbocycles. The van der Waals surface area contributed by atoms with Crippen LogP contribution in [0.15, 0.2) is 41.5 Å². The van der Waals surface area contributed by atoms with Gasteiger partial charge in [-0.15, -0.1) is 0 Å². The van der Waals surface area contributed by atoms with Crippen LogP contribution in [-0.2, 0) is 11.3 Å². The molecule has 0 spiro atoms. The van der Waals surface area contributed by atoms with Gasteiger partial charge in [0.2, 0.25) is 0 Å². The standard InChI is InChI=1S/C17H24N4O/c1-4-18-17(21-13(2)12-22-3)20-11-15-8-5-7-14-9-6-10-19-16(14)15/h5-10,13H,4,11-12H2,1-3H3,(H2,18,20,21). The van der Waals surface area contributed by atoms with Gasteiger partial charge in [0.05, 0.1) is 18.7 Å². The lowest BCUT2D eigenvalue weighted by Gasteiger charge is -2.17. The van der Waals surface area contributed by atoms with E-state index in [4.69, 9.17) is 4.74 Å². The molecule has 0 amide bonds. The number of aliphatic imine (C=N–C) groups is 1. The highest BCUT2D eigenvalue weighted by Crippen LogP contribution is 2.16. The van der Waals surface area contributed by atoms with Crippen LogP contribution in [0.5, 0.6) is 0 Å². The SMILES string of the molecule is CCNC(=NCc1cccc2cccnc12)NC(C)COC. The van der Waals surface area contributed by atoms with Gasteiger partial charge >= 0.3 is 0 Å². The number of nitrogens with one attached hydrogen (secondary N) is 2. The van der Waals surface area contributed by atoms with Gasteiger partial charge in [-0.3, -0.25) is 4.98 Å². The van der Waals surface area contributed by atoms with E-state index in [1.807, 2.05) is 18.3 Å². The number of fused-ring (bicyclic) bond motifs is 1. The Balaban J connectivity index is 2.15. The van der Waals surface area contributed by atoms with Crippen molar-refractivity contribution in [3.05, 3.63) is 42.1 Å². The molecule has 1 unspecified atom stereocenters. The van der Waals surface area contributed by atoms with Gasteiger partial charge in [0, 0.05) is 31.3 Å². The molecule has 1 heterocycles. The molecule has 1 aromatic carbocycles. The fourth-order valence-corrected chi connectivity index (χ4v) is 2.30. The second-order valence-corrected chi connectivity index (χ2v) is 5.19. The Morgan fingerprint density at radius 2 is 2.14 bits per heavy atom. The molecule has 118 valence electrons. The molecule has 2 N–H and O–H groups in total. The number of nitrogens with zero attached hydrogens (tertiary/aromatic N) is 2. The summed E-state index contributed by atoms with van der Waals surface area (Å²) in [5.41, 5.74) is 2.13. The zero-order valence-electron chi connectivity index (χ0n) is 13.5. The lowest BCUT2D eigenvalue weighted by Crippen LogP contribution is -2.43. The van der Waals surface area contributed by atoms with Gasteiger partial charge in [-0.25, -0.2) is 4.99 Å². The Morgan fingerprint density at radius 3 is 2.91 bits per heavy atom. The van der Waals surface area contributed by atoms with E-state index in [0.29, 0.717) is 13.2 Å². The number of benzene rings is 1. The number of aromatic nitrogens is 1. The predicted octanol–water partition coefficient (Wildman–Crippen LogP) is 2.32. The summed E-state index contributed by atoms with van der Waals surface area (Å²) < 4.78 is 5.15. The molecule has 0 fully saturated rings. The van der Waals surface area contributed by atoms with E-state index in [-0.39, 0.29) is 6.04 Å². The van der Waals surface area contributed by atoms with Crippen LogP contribution >= 0.6 is 0 Å². The molecule has 0 saturated heterocycles. The second-order valence-electron chi connectivity index (χ2n) is 5.19. The smallest absolute Gasteiger partial charge is 0.191 e. The van der Waals surface area contributed by atoms with Crippen LogP contribution < -0.4 is 10.6 Å². The van der Waals surface area contributed by atoms with E-state index in [1.54, 1.807) is 7.11 Å². The molecule has 1 aromatic heterocycles. The van der Waals surface area contributed by atoms with Crippen LogP contribution in [-0.4, -0.2) is 37.2 Å². The van der Waals surface area contributed by atoms with Gasteiger partial charge in [0.15, 0.2) is 5.96 Å². The highest BCUT2D eigenvalue weighted by Gasteiger charge is 2.05. The molecule has 0 aliphatic rings. The van der Waals surface area contributed by atoms with Crippen molar-refractivity contribution in [2.24, 2.45) is 4.99 Å². The maximum absolute atomic E-state index is 5.15. The first-order valence-corrected chi connectivity index (χ1v) is 7.61. The normalized spacial score (nSPS) is 13.1. The molecule has 0 bridgehead atoms. The quantitative estimate of drug-likeness (QED) is 0.635. The zero-order chi connectivity index (χ0) is 15.8. The van der Waals surface area contributed by atoms with Crippen molar-refractivity contribution < 1.29 is 4.74 Å². The maximum Gasteiger partial charge on any atom is 0.191 e. The first kappa shape index (κ1) is 16.2. The molecule has 0 aliphatic heterocycles. The molecule has 5 nitrogen and oxygen atoms in total. The number of rotatable bonds is 6. The Kier molecular flexibility index (Phi) is 6.15. The lowest BCUT2D eigenvalue weighted by atomic mass is 10.1. The van der Waals surface area contributed by atoms with Gasteiger partial charge in [-0.2, -0.15) is 0 Å². The molecule has 2 aromatic rings. The Labute approximate surface area is 131 Å². The van der Waals surface area contributed by atoms with Crippen molar-refractivity contribution in [1.29, 1.82) is 0 Å². The number of para-hydroxylation sites is 1. The number of pyridine rings is 1. The monoisotopic (exact) mass is 300 g/mol. The predicted molar refractivity (Wildman–Crippen MR) is 91.0 cm³/mol. The summed E-state index contributed by atoms with van der Waals surface area (Å²) >= 11 is 0. The van der Waals surface area contributed by atoms with Crippen LogP contribution in [0.1, 0.15) is 19.4 Å². The first-order valence-electron chi connectivity index (χ1n) is 7.61. The van der Waals surface area contributed by atoms with Gasteiger partial charge < -0.3 is 15.4 Å². The Morgan fingerprint density at radius 1 is 1.32 bits per heavy atom. The van der Waals surface area contributed by atoms with Gasteiger partial charge in [-0.1, -0.05) is 24.3 Å². The third-order valence-corrected chi connectivity index (χ3v) is 3.27. The van der Waals surface area contributed by atoms with Crippen LogP contribution in [0.3, 0.4) is 0 Å². The van der Waals surface area contributed by atoms with E-state index < -0.39 is 0 Å². The average molecular weight is 300 g/mol. The minimum absolute atomic E-state index is 0.202. The van der Waals surface area contributed by atoms with E-state index in [0.717, 1.165) is 29.0 Å². The van der Waals surface area contributed by atoms with E-state index >= 15 is 0 Å². The lowest BCUT2D eigenvalue weighted by molar-refractivity contribution is 0.179. The number of ether oxygens (including phenoxy) is 1. The summed E-state index contributed by atoms with van der Waals surface area (Å²) in [6.07, 6.45) is 1.82. The molecule has 22 heavy (non-hydrogen) atoms. The van der Waals surface area contributed by atoms with Gasteiger partial charge in [-0.05, 0) is 25.5 Å². The van der Waals surface area contributed by atoms with Crippen molar-refractivity contribution in [3.63, 3.8) is 0 Å². The third kappa shape index (κ3) is 4.43. The van der Waals surface area contributed by atoms with Gasteiger partial charge in [0.25, 0.3) is 0 Å². The van der Waals surface area contributed by atoms with E-state index in [1.165, 1.54) is 0 Å². The minimum atomic E-state index is 0.202. The summed E-state index contributed by atoms with van der Waals surface area (Å²) in [5, 5.41) is 7.72. The maximum atomic E-state index is 5.15. The van der Waals surface area contributed by atoms with Crippen LogP contribution in [0.25, 0.3) is 10.9 Å². The second kappa shape index (κ2) is 8.34. The molecule has 1 atom stereocenters. The Hall–Kier alpha value is -2.14. The van der Waals surface area contributed by atoms with Crippen molar-refractivity contribution >= 4 is 16.9 Å². The minimum Gasteiger partial charge on any atom is -0.383 e. The van der Waals surface area contributed by atoms with Crippen molar-refractivity contribution in [2.75, 3.05) is 20.3 Å². The summed E-state index contributed by atoms with van der Waals surface area (Å²) in [4.78, 5) is 9.12. The van der Waals surface area contributed by atoms with Crippen LogP contribution in [0, 0.1) is 0 Å². The van der Waals surface area contributed by atoms with Gasteiger partial charge in [0.1, 0.15) is 0 Å².